The maximum atomic E-state index is 13.0. The van der Waals surface area contributed by atoms with E-state index in [9.17, 15) is 23.1 Å². The van der Waals surface area contributed by atoms with E-state index in [1.807, 2.05) is 0 Å². The molecule has 1 atom stereocenters. The highest BCUT2D eigenvalue weighted by Gasteiger charge is 2.32. The van der Waals surface area contributed by atoms with Gasteiger partial charge in [-0.15, -0.1) is 0 Å². The zero-order chi connectivity index (χ0) is 21.3. The van der Waals surface area contributed by atoms with E-state index in [2.05, 4.69) is 5.32 Å². The van der Waals surface area contributed by atoms with E-state index in [-0.39, 0.29) is 19.0 Å². The first-order chi connectivity index (χ1) is 14.3. The van der Waals surface area contributed by atoms with Crippen molar-refractivity contribution in [1.82, 2.24) is 0 Å². The van der Waals surface area contributed by atoms with Crippen LogP contribution in [0.4, 0.5) is 18.9 Å². The number of rotatable bonds is 2. The first kappa shape index (κ1) is 20.3. The molecule has 5 nitrogen and oxygen atoms in total. The average Bonchev–Trinajstić information content (AvgIpc) is 2.89. The van der Waals surface area contributed by atoms with Gasteiger partial charge in [0.2, 0.25) is 5.91 Å². The second-order valence-electron chi connectivity index (χ2n) is 7.27. The van der Waals surface area contributed by atoms with E-state index < -0.39 is 23.8 Å². The number of nitrogens with one attached hydrogen (secondary N) is 1. The molecule has 0 fully saturated rings. The van der Waals surface area contributed by atoms with Gasteiger partial charge in [0.05, 0.1) is 18.3 Å². The number of hydrogen-bond donors (Lipinski definition) is 2. The van der Waals surface area contributed by atoms with Gasteiger partial charge in [-0.25, -0.2) is 0 Å². The van der Waals surface area contributed by atoms with Gasteiger partial charge in [-0.1, -0.05) is 12.1 Å². The van der Waals surface area contributed by atoms with Crippen LogP contribution in [0, 0.1) is 0 Å². The molecule has 0 spiro atoms. The Balaban J connectivity index is 1.61. The standard InChI is InChI=1S/C22H20F3NO4/c23-22(24,25)14-6-7-16-13(3-2-8-29-20(16)10-14)9-21(28)26-18-4-1-5-19-17(18)11-15(27)12-30-19/h1,4-7,9-10,15,27H,2-3,8,11-12H2,(H,26,28). The maximum absolute atomic E-state index is 13.0. The third kappa shape index (κ3) is 4.28. The Morgan fingerprint density at radius 2 is 2.00 bits per heavy atom. The largest absolute Gasteiger partial charge is 0.493 e. The van der Waals surface area contributed by atoms with Crippen molar-refractivity contribution in [3.63, 3.8) is 0 Å². The summed E-state index contributed by atoms with van der Waals surface area (Å²) in [5.41, 5.74) is 1.54. The summed E-state index contributed by atoms with van der Waals surface area (Å²) >= 11 is 0. The van der Waals surface area contributed by atoms with Gasteiger partial charge < -0.3 is 19.9 Å². The monoisotopic (exact) mass is 419 g/mol. The third-order valence-corrected chi connectivity index (χ3v) is 5.07. The molecule has 1 amide bonds. The summed E-state index contributed by atoms with van der Waals surface area (Å²) < 4.78 is 50.0. The first-order valence-electron chi connectivity index (χ1n) is 9.60. The van der Waals surface area contributed by atoms with Crippen molar-refractivity contribution >= 4 is 17.2 Å². The molecule has 0 radical (unpaired) electrons. The highest BCUT2D eigenvalue weighted by atomic mass is 19.4. The molecule has 4 rings (SSSR count). The fraction of sp³-hybridized carbons (Fsp3) is 0.318. The number of alkyl halides is 3. The molecule has 0 saturated carbocycles. The van der Waals surface area contributed by atoms with Crippen molar-refractivity contribution in [2.45, 2.75) is 31.5 Å². The first-order valence-corrected chi connectivity index (χ1v) is 9.60. The highest BCUT2D eigenvalue weighted by Crippen LogP contribution is 2.38. The van der Waals surface area contributed by atoms with E-state index in [0.29, 0.717) is 47.4 Å². The molecule has 158 valence electrons. The average molecular weight is 419 g/mol. The number of ether oxygens (including phenoxy) is 2. The zero-order valence-electron chi connectivity index (χ0n) is 16.0. The molecular weight excluding hydrogens is 399 g/mol. The molecule has 30 heavy (non-hydrogen) atoms. The molecule has 2 aromatic carbocycles. The molecule has 2 heterocycles. The number of carbonyl (C=O) groups is 1. The van der Waals surface area contributed by atoms with Crippen LogP contribution in [-0.4, -0.2) is 30.3 Å². The minimum absolute atomic E-state index is 0.120. The summed E-state index contributed by atoms with van der Waals surface area (Å²) in [6.45, 7) is 0.472. The topological polar surface area (TPSA) is 67.8 Å². The van der Waals surface area contributed by atoms with Crippen molar-refractivity contribution < 1.29 is 32.5 Å². The van der Waals surface area contributed by atoms with Crippen molar-refractivity contribution in [2.24, 2.45) is 0 Å². The number of allylic oxidation sites excluding steroid dienone is 1. The van der Waals surface area contributed by atoms with Crippen LogP contribution in [0.5, 0.6) is 11.5 Å². The Bertz CT molecular complexity index is 1000. The fourth-order valence-electron chi connectivity index (χ4n) is 3.65. The second kappa shape index (κ2) is 8.02. The van der Waals surface area contributed by atoms with Gasteiger partial charge in [-0.05, 0) is 42.7 Å². The molecule has 8 heteroatoms. The number of hydrogen-bond acceptors (Lipinski definition) is 4. The fourth-order valence-corrected chi connectivity index (χ4v) is 3.65. The number of amides is 1. The number of fused-ring (bicyclic) bond motifs is 2. The number of aliphatic hydroxyl groups is 1. The number of halogens is 3. The summed E-state index contributed by atoms with van der Waals surface area (Å²) in [5, 5.41) is 12.6. The predicted molar refractivity (Wildman–Crippen MR) is 104 cm³/mol. The Kier molecular flexibility index (Phi) is 5.42. The van der Waals surface area contributed by atoms with Crippen LogP contribution in [-0.2, 0) is 17.4 Å². The molecule has 0 saturated heterocycles. The Hall–Kier alpha value is -3.00. The lowest BCUT2D eigenvalue weighted by Gasteiger charge is -2.23. The number of aliphatic hydroxyl groups excluding tert-OH is 1. The van der Waals surface area contributed by atoms with Crippen molar-refractivity contribution in [1.29, 1.82) is 0 Å². The van der Waals surface area contributed by atoms with E-state index in [0.717, 1.165) is 12.1 Å². The Labute approximate surface area is 171 Å². The van der Waals surface area contributed by atoms with Crippen LogP contribution < -0.4 is 14.8 Å². The van der Waals surface area contributed by atoms with Crippen molar-refractivity contribution in [3.05, 3.63) is 59.2 Å². The number of carbonyl (C=O) groups excluding carboxylic acids is 1. The van der Waals surface area contributed by atoms with Crippen LogP contribution in [0.25, 0.3) is 5.57 Å². The molecule has 2 aliphatic heterocycles. The molecular formula is C22H20F3NO4. The van der Waals surface area contributed by atoms with Crippen LogP contribution in [0.3, 0.4) is 0 Å². The molecule has 0 aromatic heterocycles. The van der Waals surface area contributed by atoms with Gasteiger partial charge in [0, 0.05) is 29.3 Å². The number of anilines is 1. The predicted octanol–water partition coefficient (Wildman–Crippen LogP) is 4.20. The minimum atomic E-state index is -4.47. The van der Waals surface area contributed by atoms with Gasteiger partial charge >= 0.3 is 6.18 Å². The summed E-state index contributed by atoms with van der Waals surface area (Å²) in [6.07, 6.45) is -2.29. The van der Waals surface area contributed by atoms with Gasteiger partial charge in [0.15, 0.2) is 0 Å². The lowest BCUT2D eigenvalue weighted by Crippen LogP contribution is -2.26. The third-order valence-electron chi connectivity index (χ3n) is 5.07. The quantitative estimate of drug-likeness (QED) is 0.717. The summed E-state index contributed by atoms with van der Waals surface area (Å²) in [4.78, 5) is 12.7. The lowest BCUT2D eigenvalue weighted by atomic mass is 9.98. The molecule has 2 aliphatic rings. The van der Waals surface area contributed by atoms with Crippen molar-refractivity contribution in [2.75, 3.05) is 18.5 Å². The molecule has 1 unspecified atom stereocenters. The molecule has 2 aromatic rings. The second-order valence-corrected chi connectivity index (χ2v) is 7.27. The van der Waals surface area contributed by atoms with Crippen LogP contribution in [0.1, 0.15) is 29.5 Å². The van der Waals surface area contributed by atoms with Gasteiger partial charge in [0.25, 0.3) is 0 Å². The van der Waals surface area contributed by atoms with Crippen LogP contribution >= 0.6 is 0 Å². The van der Waals surface area contributed by atoms with E-state index in [1.54, 1.807) is 18.2 Å². The van der Waals surface area contributed by atoms with Gasteiger partial charge in [-0.3, -0.25) is 4.79 Å². The van der Waals surface area contributed by atoms with Gasteiger partial charge in [-0.2, -0.15) is 13.2 Å². The maximum Gasteiger partial charge on any atom is 0.416 e. The normalized spacial score (nSPS) is 19.7. The molecule has 0 bridgehead atoms. The minimum Gasteiger partial charge on any atom is -0.493 e. The van der Waals surface area contributed by atoms with Crippen molar-refractivity contribution in [3.8, 4) is 11.5 Å². The summed E-state index contributed by atoms with van der Waals surface area (Å²) in [5.74, 6) is 0.319. The van der Waals surface area contributed by atoms with Crippen LogP contribution in [0.2, 0.25) is 0 Å². The highest BCUT2D eigenvalue weighted by molar-refractivity contribution is 6.05. The summed E-state index contributed by atoms with van der Waals surface area (Å²) in [7, 11) is 0. The van der Waals surface area contributed by atoms with E-state index >= 15 is 0 Å². The van der Waals surface area contributed by atoms with Gasteiger partial charge in [0.1, 0.15) is 18.1 Å². The molecule has 2 N–H and O–H groups in total. The lowest BCUT2D eigenvalue weighted by molar-refractivity contribution is -0.137. The van der Waals surface area contributed by atoms with E-state index in [1.165, 1.54) is 12.1 Å². The SMILES string of the molecule is O=C(C=C1CCCOc2cc(C(F)(F)F)ccc21)Nc1cccc2c1CC(O)CO2. The Morgan fingerprint density at radius 3 is 2.80 bits per heavy atom. The van der Waals surface area contributed by atoms with Crippen LogP contribution in [0.15, 0.2) is 42.5 Å². The molecule has 0 aliphatic carbocycles. The zero-order valence-corrected chi connectivity index (χ0v) is 16.0. The number of benzene rings is 2. The van der Waals surface area contributed by atoms with E-state index in [4.69, 9.17) is 9.47 Å². The smallest absolute Gasteiger partial charge is 0.416 e. The Morgan fingerprint density at radius 1 is 1.17 bits per heavy atom. The summed E-state index contributed by atoms with van der Waals surface area (Å²) in [6, 6.07) is 8.54.